The summed E-state index contributed by atoms with van der Waals surface area (Å²) in [4.78, 5) is 16.6. The minimum atomic E-state index is -0.467. The van der Waals surface area contributed by atoms with Crippen molar-refractivity contribution in [3.8, 4) is 0 Å². The molecular weight excluding hydrogens is 250 g/mol. The summed E-state index contributed by atoms with van der Waals surface area (Å²) in [6.45, 7) is 0.252. The smallest absolute Gasteiger partial charge is 0.311 e. The van der Waals surface area contributed by atoms with E-state index >= 15 is 0 Å². The lowest BCUT2D eigenvalue weighted by Gasteiger charge is -2.37. The van der Waals surface area contributed by atoms with Gasteiger partial charge in [0.15, 0.2) is 0 Å². The number of nitrogens with two attached hydrogens (primary N) is 1. The Morgan fingerprint density at radius 3 is 2.79 bits per heavy atom. The third kappa shape index (κ3) is 2.74. The molecule has 2 rings (SSSR count). The topological polar surface area (TPSA) is 118 Å². The van der Waals surface area contributed by atoms with Gasteiger partial charge in [0.2, 0.25) is 5.82 Å². The monoisotopic (exact) mass is 267 g/mol. The van der Waals surface area contributed by atoms with Crippen LogP contribution in [-0.4, -0.2) is 34.2 Å². The number of hydrogen-bond acceptors (Lipinski definition) is 7. The van der Waals surface area contributed by atoms with E-state index in [0.717, 1.165) is 19.3 Å². The van der Waals surface area contributed by atoms with E-state index in [9.17, 15) is 10.1 Å². The molecule has 1 aliphatic carbocycles. The minimum Gasteiger partial charge on any atom is -0.395 e. The van der Waals surface area contributed by atoms with Crippen LogP contribution in [0.3, 0.4) is 0 Å². The van der Waals surface area contributed by atoms with Crippen LogP contribution in [0.5, 0.6) is 0 Å². The van der Waals surface area contributed by atoms with Gasteiger partial charge in [-0.15, -0.1) is 0 Å². The molecule has 104 valence electrons. The first-order valence-corrected chi connectivity index (χ1v) is 6.17. The maximum atomic E-state index is 11.1. The van der Waals surface area contributed by atoms with Gasteiger partial charge < -0.3 is 15.4 Å². The Hall–Kier alpha value is -1.93. The van der Waals surface area contributed by atoms with Crippen molar-refractivity contribution in [2.24, 2.45) is 5.84 Å². The third-order valence-electron chi connectivity index (χ3n) is 3.33. The van der Waals surface area contributed by atoms with Gasteiger partial charge in [-0.25, -0.2) is 10.8 Å². The number of hydrazine groups is 1. The van der Waals surface area contributed by atoms with E-state index in [-0.39, 0.29) is 24.2 Å². The molecule has 0 spiro atoms. The largest absolute Gasteiger partial charge is 0.395 e. The molecule has 0 amide bonds. The Kier molecular flexibility index (Phi) is 4.13. The zero-order valence-corrected chi connectivity index (χ0v) is 10.5. The summed E-state index contributed by atoms with van der Waals surface area (Å²) in [6, 6.07) is 3.03. The van der Waals surface area contributed by atoms with Gasteiger partial charge in [0, 0.05) is 18.7 Å². The molecule has 1 saturated carbocycles. The Balaban J connectivity index is 2.39. The molecule has 1 fully saturated rings. The van der Waals surface area contributed by atoms with E-state index in [1.807, 2.05) is 0 Å². The van der Waals surface area contributed by atoms with Gasteiger partial charge in [0.05, 0.1) is 11.5 Å². The Morgan fingerprint density at radius 2 is 2.32 bits per heavy atom. The van der Waals surface area contributed by atoms with Crippen LogP contribution in [0.25, 0.3) is 0 Å². The van der Waals surface area contributed by atoms with Gasteiger partial charge >= 0.3 is 5.69 Å². The molecule has 19 heavy (non-hydrogen) atoms. The molecule has 0 radical (unpaired) electrons. The van der Waals surface area contributed by atoms with Crippen molar-refractivity contribution in [2.75, 3.05) is 23.5 Å². The molecule has 4 N–H and O–H groups in total. The molecule has 1 aliphatic rings. The molecule has 1 heterocycles. The molecule has 0 aliphatic heterocycles. The highest BCUT2D eigenvalue weighted by Gasteiger charge is 2.30. The molecule has 0 saturated heterocycles. The Morgan fingerprint density at radius 1 is 1.58 bits per heavy atom. The number of aromatic nitrogens is 1. The fraction of sp³-hybridized carbons (Fsp3) is 0.545. The van der Waals surface area contributed by atoms with Crippen LogP contribution in [0.4, 0.5) is 17.3 Å². The average Bonchev–Trinajstić information content (AvgIpc) is 2.35. The van der Waals surface area contributed by atoms with Crippen molar-refractivity contribution in [3.63, 3.8) is 0 Å². The summed E-state index contributed by atoms with van der Waals surface area (Å²) >= 11 is 0. The van der Waals surface area contributed by atoms with Crippen LogP contribution in [0, 0.1) is 10.1 Å². The summed E-state index contributed by atoms with van der Waals surface area (Å²) in [5.41, 5.74) is 2.31. The van der Waals surface area contributed by atoms with Crippen molar-refractivity contribution < 1.29 is 10.0 Å². The molecule has 8 heteroatoms. The number of nitro groups is 1. The van der Waals surface area contributed by atoms with Gasteiger partial charge in [-0.3, -0.25) is 10.1 Å². The zero-order chi connectivity index (χ0) is 13.8. The van der Waals surface area contributed by atoms with Gasteiger partial charge in [0.25, 0.3) is 0 Å². The molecule has 8 nitrogen and oxygen atoms in total. The van der Waals surface area contributed by atoms with Gasteiger partial charge in [-0.2, -0.15) is 0 Å². The molecule has 0 atom stereocenters. The van der Waals surface area contributed by atoms with E-state index in [0.29, 0.717) is 12.4 Å². The lowest BCUT2D eigenvalue weighted by molar-refractivity contribution is -0.384. The second kappa shape index (κ2) is 5.81. The first kappa shape index (κ1) is 13.5. The van der Waals surface area contributed by atoms with Crippen LogP contribution in [-0.2, 0) is 0 Å². The first-order chi connectivity index (χ1) is 9.17. The number of rotatable bonds is 6. The number of anilines is 2. The maximum absolute atomic E-state index is 11.1. The number of hydrogen-bond donors (Lipinski definition) is 3. The molecular formula is C11H17N5O3. The highest BCUT2D eigenvalue weighted by molar-refractivity contribution is 5.62. The number of pyridine rings is 1. The Labute approximate surface area is 110 Å². The fourth-order valence-corrected chi connectivity index (χ4v) is 2.14. The van der Waals surface area contributed by atoms with Gasteiger partial charge in [0.1, 0.15) is 5.82 Å². The molecule has 0 bridgehead atoms. The lowest BCUT2D eigenvalue weighted by Crippen LogP contribution is -2.42. The van der Waals surface area contributed by atoms with Crippen LogP contribution in [0.2, 0.25) is 0 Å². The van der Waals surface area contributed by atoms with Crippen molar-refractivity contribution >= 4 is 17.3 Å². The van der Waals surface area contributed by atoms with E-state index in [1.54, 1.807) is 4.90 Å². The predicted octanol–water partition coefficient (Wildman–Crippen LogP) is 0.627. The number of aliphatic hydroxyl groups excluding tert-OH is 1. The number of aliphatic hydroxyl groups is 1. The number of nitrogens with zero attached hydrogens (tertiary/aromatic N) is 3. The summed E-state index contributed by atoms with van der Waals surface area (Å²) < 4.78 is 0. The van der Waals surface area contributed by atoms with Crippen molar-refractivity contribution in [1.29, 1.82) is 0 Å². The van der Waals surface area contributed by atoms with Crippen LogP contribution < -0.4 is 16.2 Å². The van der Waals surface area contributed by atoms with E-state index in [4.69, 9.17) is 10.9 Å². The summed E-state index contributed by atoms with van der Waals surface area (Å²) in [5, 5.41) is 20.2. The average molecular weight is 267 g/mol. The number of nitrogen functional groups attached to an aromatic ring is 1. The minimum absolute atomic E-state index is 0.0700. The normalized spacial score (nSPS) is 14.8. The highest BCUT2D eigenvalue weighted by atomic mass is 16.6. The molecule has 0 unspecified atom stereocenters. The predicted molar refractivity (Wildman–Crippen MR) is 70.8 cm³/mol. The number of nitrogens with one attached hydrogen (secondary N) is 1. The van der Waals surface area contributed by atoms with E-state index in [2.05, 4.69) is 10.4 Å². The second-order valence-electron chi connectivity index (χ2n) is 4.44. The second-order valence-corrected chi connectivity index (χ2v) is 4.44. The quantitative estimate of drug-likeness (QED) is 0.393. The van der Waals surface area contributed by atoms with Crippen molar-refractivity contribution in [3.05, 3.63) is 22.2 Å². The van der Waals surface area contributed by atoms with Crippen molar-refractivity contribution in [1.82, 2.24) is 4.98 Å². The Bertz CT molecular complexity index is 464. The lowest BCUT2D eigenvalue weighted by atomic mass is 9.91. The molecule has 1 aromatic heterocycles. The standard InChI is InChI=1S/C11H17N5O3/c12-14-10-5-4-9(16(18)19)11(13-10)15(6-7-17)8-2-1-3-8/h4-5,8,17H,1-3,6-7,12H2,(H,13,14). The summed E-state index contributed by atoms with van der Waals surface area (Å²) in [5.74, 6) is 5.92. The van der Waals surface area contributed by atoms with Crippen LogP contribution >= 0.6 is 0 Å². The van der Waals surface area contributed by atoms with Crippen molar-refractivity contribution in [2.45, 2.75) is 25.3 Å². The maximum Gasteiger partial charge on any atom is 0.311 e. The molecule has 1 aromatic rings. The molecule has 0 aromatic carbocycles. The van der Waals surface area contributed by atoms with Gasteiger partial charge in [-0.1, -0.05) is 0 Å². The zero-order valence-electron chi connectivity index (χ0n) is 10.5. The SMILES string of the molecule is NNc1ccc([N+](=O)[O-])c(N(CCO)C2CCC2)n1. The third-order valence-corrected chi connectivity index (χ3v) is 3.33. The van der Waals surface area contributed by atoms with Crippen LogP contribution in [0.1, 0.15) is 19.3 Å². The summed E-state index contributed by atoms with van der Waals surface area (Å²) in [6.07, 6.45) is 3.01. The summed E-state index contributed by atoms with van der Waals surface area (Å²) in [7, 11) is 0. The highest BCUT2D eigenvalue weighted by Crippen LogP contribution is 2.34. The van der Waals surface area contributed by atoms with Crippen LogP contribution in [0.15, 0.2) is 12.1 Å². The van der Waals surface area contributed by atoms with E-state index < -0.39 is 4.92 Å². The fourth-order valence-electron chi connectivity index (χ4n) is 2.14. The van der Waals surface area contributed by atoms with Gasteiger partial charge in [-0.05, 0) is 25.3 Å². The first-order valence-electron chi connectivity index (χ1n) is 6.17. The van der Waals surface area contributed by atoms with E-state index in [1.165, 1.54) is 12.1 Å².